The number of aromatic amines is 1. The highest BCUT2D eigenvalue weighted by Crippen LogP contribution is 2.35. The Labute approximate surface area is 187 Å². The van der Waals surface area contributed by atoms with Crippen LogP contribution in [0.3, 0.4) is 0 Å². The van der Waals surface area contributed by atoms with Crippen LogP contribution in [0.4, 0.5) is 5.95 Å². The Kier molecular flexibility index (Phi) is 6.43. The summed E-state index contributed by atoms with van der Waals surface area (Å²) in [5.74, 6) is -1.87. The first-order chi connectivity index (χ1) is 15.9. The average molecular weight is 453 g/mol. The van der Waals surface area contributed by atoms with E-state index in [1.165, 1.54) is 6.20 Å². The Bertz CT molecular complexity index is 1130. The Morgan fingerprint density at radius 2 is 1.67 bits per heavy atom. The van der Waals surface area contributed by atoms with E-state index in [0.29, 0.717) is 5.56 Å². The average Bonchev–Trinajstić information content (AvgIpc) is 3.44. The molecule has 1 aliphatic heterocycles. The topological polar surface area (TPSA) is 154 Å². The van der Waals surface area contributed by atoms with Crippen LogP contribution in [-0.2, 0) is 14.2 Å². The predicted molar refractivity (Wildman–Crippen MR) is 111 cm³/mol. The van der Waals surface area contributed by atoms with E-state index in [1.807, 2.05) is 0 Å². The molecule has 0 bridgehead atoms. The number of aliphatic hydroxyl groups is 1. The van der Waals surface area contributed by atoms with Crippen molar-refractivity contribution in [3.8, 4) is 0 Å². The number of nitrogens with one attached hydrogen (secondary N) is 1. The first-order valence-electron chi connectivity index (χ1n) is 9.95. The van der Waals surface area contributed by atoms with Gasteiger partial charge in [-0.3, -0.25) is 0 Å². The number of carbonyl (C=O) groups excluding carboxylic acids is 2. The van der Waals surface area contributed by atoms with Crippen LogP contribution in [0.15, 0.2) is 66.9 Å². The molecule has 33 heavy (non-hydrogen) atoms. The first-order valence-corrected chi connectivity index (χ1v) is 9.95. The number of carbonyl (C=O) groups is 2. The predicted octanol–water partition coefficient (Wildman–Crippen LogP) is 2.20. The molecule has 0 aliphatic carbocycles. The van der Waals surface area contributed by atoms with Crippen LogP contribution in [0.5, 0.6) is 0 Å². The molecule has 1 aliphatic rings. The van der Waals surface area contributed by atoms with Gasteiger partial charge in [-0.1, -0.05) is 41.4 Å². The summed E-state index contributed by atoms with van der Waals surface area (Å²) in [4.78, 5) is 41.3. The number of aliphatic hydroxyl groups excluding tert-OH is 1. The van der Waals surface area contributed by atoms with Gasteiger partial charge in [0.2, 0.25) is 0 Å². The molecule has 0 amide bonds. The van der Waals surface area contributed by atoms with Crippen molar-refractivity contribution in [3.63, 3.8) is 0 Å². The van der Waals surface area contributed by atoms with Crippen molar-refractivity contribution in [3.05, 3.63) is 93.8 Å². The molecule has 0 saturated carbocycles. The van der Waals surface area contributed by atoms with Crippen LogP contribution >= 0.6 is 0 Å². The zero-order valence-electron chi connectivity index (χ0n) is 17.1. The number of nitro groups is 1. The summed E-state index contributed by atoms with van der Waals surface area (Å²) in [5, 5.41) is 21.8. The van der Waals surface area contributed by atoms with E-state index in [9.17, 15) is 24.8 Å². The molecule has 4 atom stereocenters. The number of rotatable bonds is 7. The normalized spacial score (nSPS) is 22.0. The van der Waals surface area contributed by atoms with Crippen molar-refractivity contribution in [2.24, 2.45) is 0 Å². The molecule has 2 N–H and O–H groups in total. The second kappa shape index (κ2) is 9.59. The van der Waals surface area contributed by atoms with Crippen LogP contribution in [0, 0.1) is 10.1 Å². The van der Waals surface area contributed by atoms with Crippen molar-refractivity contribution in [1.82, 2.24) is 9.97 Å². The van der Waals surface area contributed by atoms with Gasteiger partial charge in [0.15, 0.2) is 11.8 Å². The summed E-state index contributed by atoms with van der Waals surface area (Å²) in [6.45, 7) is -0.333. The molecule has 0 spiro atoms. The van der Waals surface area contributed by atoms with E-state index in [4.69, 9.17) is 14.2 Å². The van der Waals surface area contributed by atoms with Gasteiger partial charge in [-0.25, -0.2) is 14.6 Å². The van der Waals surface area contributed by atoms with Crippen LogP contribution in [0.1, 0.15) is 32.5 Å². The van der Waals surface area contributed by atoms with E-state index in [-0.39, 0.29) is 17.9 Å². The molecule has 0 radical (unpaired) electrons. The maximum Gasteiger partial charge on any atom is 0.432 e. The number of hydrogen-bond donors (Lipinski definition) is 2. The third kappa shape index (κ3) is 4.89. The zero-order valence-corrected chi connectivity index (χ0v) is 17.1. The highest BCUT2D eigenvalue weighted by Gasteiger charge is 2.49. The fourth-order valence-electron chi connectivity index (χ4n) is 3.41. The molecule has 11 nitrogen and oxygen atoms in total. The minimum absolute atomic E-state index is 0.0480. The summed E-state index contributed by atoms with van der Waals surface area (Å²) in [7, 11) is 0. The van der Waals surface area contributed by atoms with Gasteiger partial charge in [-0.05, 0) is 29.2 Å². The molecule has 2 aromatic carbocycles. The molecular formula is C22H19N3O8. The van der Waals surface area contributed by atoms with Crippen LogP contribution < -0.4 is 0 Å². The van der Waals surface area contributed by atoms with Crippen LogP contribution in [0.2, 0.25) is 0 Å². The molecule has 11 heteroatoms. The number of imidazole rings is 1. The maximum absolute atomic E-state index is 12.6. The Morgan fingerprint density at radius 1 is 1.06 bits per heavy atom. The lowest BCUT2D eigenvalue weighted by molar-refractivity contribution is -0.393. The Hall–Kier alpha value is -4.09. The molecular weight excluding hydrogens is 434 g/mol. The van der Waals surface area contributed by atoms with Gasteiger partial charge in [0, 0.05) is 0 Å². The first kappa shape index (κ1) is 22.1. The monoisotopic (exact) mass is 453 g/mol. The van der Waals surface area contributed by atoms with Crippen molar-refractivity contribution < 1.29 is 33.8 Å². The molecule has 0 unspecified atom stereocenters. The second-order valence-electron chi connectivity index (χ2n) is 7.19. The molecule has 170 valence electrons. The van der Waals surface area contributed by atoms with Gasteiger partial charge in [-0.15, -0.1) is 0 Å². The summed E-state index contributed by atoms with van der Waals surface area (Å²) in [6.07, 6.45) is -3.60. The molecule has 4 rings (SSSR count). The van der Waals surface area contributed by atoms with E-state index < -0.39 is 47.2 Å². The standard InChI is InChI=1S/C22H19N3O8/c26-17-18(15-11-23-22(24-15)25(29)30)32-16(12-31-20(27)13-7-3-1-4-8-13)19(17)33-21(28)14-9-5-2-6-10-14/h1-11,16-19,26H,12H2,(H,23,24)/t16-,17-,18-,19-/m1/s1. The molecule has 3 aromatic rings. The van der Waals surface area contributed by atoms with Gasteiger partial charge < -0.3 is 29.4 Å². The number of aromatic nitrogens is 2. The fourth-order valence-corrected chi connectivity index (χ4v) is 3.41. The molecule has 1 aromatic heterocycles. The number of esters is 2. The Balaban J connectivity index is 1.53. The number of benzene rings is 2. The van der Waals surface area contributed by atoms with E-state index >= 15 is 0 Å². The lowest BCUT2D eigenvalue weighted by Gasteiger charge is -2.20. The lowest BCUT2D eigenvalue weighted by Crippen LogP contribution is -2.38. The van der Waals surface area contributed by atoms with Crippen molar-refractivity contribution >= 4 is 17.9 Å². The van der Waals surface area contributed by atoms with Crippen molar-refractivity contribution in [2.45, 2.75) is 24.4 Å². The SMILES string of the molecule is O=C(OC[C@H]1O[C@H](c2c[nH]c([N+](=O)[O-])n2)[C@@H](O)[C@@H]1OC(=O)c1ccccc1)c1ccccc1. The van der Waals surface area contributed by atoms with Crippen LogP contribution in [0.25, 0.3) is 0 Å². The third-order valence-corrected chi connectivity index (χ3v) is 5.02. The van der Waals surface area contributed by atoms with Crippen molar-refractivity contribution in [1.29, 1.82) is 0 Å². The Morgan fingerprint density at radius 3 is 2.24 bits per heavy atom. The highest BCUT2D eigenvalue weighted by atomic mass is 16.6. The third-order valence-electron chi connectivity index (χ3n) is 5.02. The summed E-state index contributed by atoms with van der Waals surface area (Å²) in [6, 6.07) is 16.4. The fraction of sp³-hybridized carbons (Fsp3) is 0.227. The minimum atomic E-state index is -1.42. The van der Waals surface area contributed by atoms with Gasteiger partial charge >= 0.3 is 17.9 Å². The number of ether oxygens (including phenoxy) is 3. The van der Waals surface area contributed by atoms with Gasteiger partial charge in [0.05, 0.1) is 11.1 Å². The number of hydrogen-bond acceptors (Lipinski definition) is 9. The largest absolute Gasteiger partial charge is 0.459 e. The maximum atomic E-state index is 12.6. The smallest absolute Gasteiger partial charge is 0.432 e. The molecule has 2 heterocycles. The van der Waals surface area contributed by atoms with E-state index in [2.05, 4.69) is 9.97 Å². The summed E-state index contributed by atoms with van der Waals surface area (Å²) < 4.78 is 16.6. The molecule has 1 fully saturated rings. The number of H-pyrrole nitrogens is 1. The lowest BCUT2D eigenvalue weighted by atomic mass is 10.1. The quantitative estimate of drug-likeness (QED) is 0.311. The van der Waals surface area contributed by atoms with E-state index in [1.54, 1.807) is 60.7 Å². The second-order valence-corrected chi connectivity index (χ2v) is 7.19. The van der Waals surface area contributed by atoms with E-state index in [0.717, 1.165) is 0 Å². The van der Waals surface area contributed by atoms with Gasteiger partial charge in [0.25, 0.3) is 0 Å². The summed E-state index contributed by atoms with van der Waals surface area (Å²) >= 11 is 0. The minimum Gasteiger partial charge on any atom is -0.459 e. The van der Waals surface area contributed by atoms with Crippen molar-refractivity contribution in [2.75, 3.05) is 6.61 Å². The highest BCUT2D eigenvalue weighted by molar-refractivity contribution is 5.90. The van der Waals surface area contributed by atoms with Crippen LogP contribution in [-0.4, -0.2) is 56.9 Å². The van der Waals surface area contributed by atoms with Gasteiger partial charge in [-0.2, -0.15) is 0 Å². The zero-order chi connectivity index (χ0) is 23.4. The summed E-state index contributed by atoms with van der Waals surface area (Å²) in [5.41, 5.74) is 0.615. The molecule has 1 saturated heterocycles. The van der Waals surface area contributed by atoms with Gasteiger partial charge in [0.1, 0.15) is 31.1 Å². The number of nitrogens with zero attached hydrogens (tertiary/aromatic N) is 2.